The van der Waals surface area contributed by atoms with E-state index in [1.54, 1.807) is 6.07 Å². The van der Waals surface area contributed by atoms with Crippen LogP contribution in [-0.2, 0) is 0 Å². The van der Waals surface area contributed by atoms with Crippen LogP contribution in [0.15, 0.2) is 12.1 Å². The van der Waals surface area contributed by atoms with Gasteiger partial charge in [0, 0.05) is 5.56 Å². The molecule has 1 rings (SSSR count). The molecule has 0 heterocycles. The molecule has 3 nitrogen and oxygen atoms in total. The second-order valence-electron chi connectivity index (χ2n) is 3.28. The van der Waals surface area contributed by atoms with Crippen LogP contribution in [0.25, 0.3) is 0 Å². The van der Waals surface area contributed by atoms with Gasteiger partial charge in [-0.2, -0.15) is 0 Å². The van der Waals surface area contributed by atoms with Crippen LogP contribution in [0.3, 0.4) is 0 Å². The van der Waals surface area contributed by atoms with E-state index in [0.29, 0.717) is 5.56 Å². The number of aliphatic hydroxyl groups is 1. The van der Waals surface area contributed by atoms with E-state index in [1.165, 1.54) is 0 Å². The van der Waals surface area contributed by atoms with Crippen LogP contribution >= 0.6 is 0 Å². The van der Waals surface area contributed by atoms with Crippen molar-refractivity contribution in [1.29, 1.82) is 0 Å². The maximum absolute atomic E-state index is 9.53. The van der Waals surface area contributed by atoms with Crippen molar-refractivity contribution in [2.75, 3.05) is 6.61 Å². The minimum absolute atomic E-state index is 0.157. The van der Waals surface area contributed by atoms with E-state index >= 15 is 0 Å². The third-order valence-corrected chi connectivity index (χ3v) is 2.24. The highest BCUT2D eigenvalue weighted by molar-refractivity contribution is 5.42. The fourth-order valence-electron chi connectivity index (χ4n) is 1.22. The first-order valence-electron chi connectivity index (χ1n) is 4.22. The molecule has 0 radical (unpaired) electrons. The zero-order valence-corrected chi connectivity index (χ0v) is 7.91. The molecule has 1 aromatic carbocycles. The highest BCUT2D eigenvalue weighted by Gasteiger charge is 2.10. The van der Waals surface area contributed by atoms with Gasteiger partial charge >= 0.3 is 0 Å². The molecule has 4 N–H and O–H groups in total. The molecule has 0 amide bonds. The smallest absolute Gasteiger partial charge is 0.120 e. The quantitative estimate of drug-likeness (QED) is 0.637. The van der Waals surface area contributed by atoms with Gasteiger partial charge in [0.2, 0.25) is 0 Å². The Morgan fingerprint density at radius 1 is 1.31 bits per heavy atom. The Kier molecular flexibility index (Phi) is 2.90. The summed E-state index contributed by atoms with van der Waals surface area (Å²) in [4.78, 5) is 0. The Labute approximate surface area is 77.8 Å². The molecule has 0 fully saturated rings. The summed E-state index contributed by atoms with van der Waals surface area (Å²) in [7, 11) is 0. The highest BCUT2D eigenvalue weighted by Crippen LogP contribution is 2.25. The van der Waals surface area contributed by atoms with Crippen molar-refractivity contribution >= 4 is 0 Å². The minimum Gasteiger partial charge on any atom is -0.508 e. The average molecular weight is 181 g/mol. The van der Waals surface area contributed by atoms with E-state index < -0.39 is 6.04 Å². The normalized spacial score (nSPS) is 12.9. The summed E-state index contributed by atoms with van der Waals surface area (Å²) in [5.41, 5.74) is 8.29. The number of rotatable bonds is 2. The molecule has 3 heteroatoms. The van der Waals surface area contributed by atoms with Crippen LogP contribution in [0, 0.1) is 13.8 Å². The van der Waals surface area contributed by atoms with Crippen molar-refractivity contribution < 1.29 is 10.2 Å². The van der Waals surface area contributed by atoms with Gasteiger partial charge in [0.15, 0.2) is 0 Å². The molecule has 1 unspecified atom stereocenters. The number of phenolic OH excluding ortho intramolecular Hbond substituents is 1. The van der Waals surface area contributed by atoms with E-state index in [-0.39, 0.29) is 12.4 Å². The topological polar surface area (TPSA) is 66.5 Å². The van der Waals surface area contributed by atoms with Crippen LogP contribution in [0.1, 0.15) is 22.7 Å². The van der Waals surface area contributed by atoms with Gasteiger partial charge in [-0.3, -0.25) is 0 Å². The summed E-state index contributed by atoms with van der Waals surface area (Å²) >= 11 is 0. The predicted molar refractivity (Wildman–Crippen MR) is 51.6 cm³/mol. The monoisotopic (exact) mass is 181 g/mol. The van der Waals surface area contributed by atoms with Crippen LogP contribution in [0.5, 0.6) is 5.75 Å². The van der Waals surface area contributed by atoms with E-state index in [2.05, 4.69) is 0 Å². The summed E-state index contributed by atoms with van der Waals surface area (Å²) in [5.74, 6) is 0.157. The number of nitrogens with two attached hydrogens (primary N) is 1. The second kappa shape index (κ2) is 3.77. The molecule has 0 aliphatic carbocycles. The molecule has 72 valence electrons. The van der Waals surface area contributed by atoms with Crippen molar-refractivity contribution in [3.05, 3.63) is 28.8 Å². The Morgan fingerprint density at radius 3 is 2.38 bits per heavy atom. The van der Waals surface area contributed by atoms with Gasteiger partial charge in [-0.25, -0.2) is 0 Å². The third kappa shape index (κ3) is 1.99. The number of benzene rings is 1. The maximum atomic E-state index is 9.53. The lowest BCUT2D eigenvalue weighted by Gasteiger charge is -2.12. The lowest BCUT2D eigenvalue weighted by molar-refractivity contribution is 0.265. The largest absolute Gasteiger partial charge is 0.508 e. The minimum atomic E-state index is -0.501. The predicted octanol–water partition coefficient (Wildman–Crippen LogP) is 1.00. The molecule has 0 aliphatic heterocycles. The van der Waals surface area contributed by atoms with Crippen molar-refractivity contribution in [3.8, 4) is 5.75 Å². The van der Waals surface area contributed by atoms with Crippen LogP contribution in [-0.4, -0.2) is 16.8 Å². The summed E-state index contributed by atoms with van der Waals surface area (Å²) < 4.78 is 0. The fraction of sp³-hybridized carbons (Fsp3) is 0.400. The summed E-state index contributed by atoms with van der Waals surface area (Å²) in [6.07, 6.45) is 0. The van der Waals surface area contributed by atoms with E-state index in [4.69, 9.17) is 10.8 Å². The molecule has 0 aromatic heterocycles. The third-order valence-electron chi connectivity index (χ3n) is 2.24. The number of hydrogen-bond donors (Lipinski definition) is 3. The van der Waals surface area contributed by atoms with Gasteiger partial charge in [-0.15, -0.1) is 0 Å². The zero-order chi connectivity index (χ0) is 10.0. The van der Waals surface area contributed by atoms with Gasteiger partial charge in [0.05, 0.1) is 12.6 Å². The molecule has 0 spiro atoms. The van der Waals surface area contributed by atoms with Crippen LogP contribution < -0.4 is 5.73 Å². The molecule has 1 atom stereocenters. The van der Waals surface area contributed by atoms with Gasteiger partial charge in [-0.05, 0) is 31.0 Å². The summed E-state index contributed by atoms with van der Waals surface area (Å²) in [5, 5.41) is 18.4. The Balaban J connectivity index is 3.15. The Morgan fingerprint density at radius 2 is 1.85 bits per heavy atom. The van der Waals surface area contributed by atoms with E-state index in [0.717, 1.165) is 11.1 Å². The summed E-state index contributed by atoms with van der Waals surface area (Å²) in [6, 6.07) is 2.98. The number of phenols is 1. The number of hydrogen-bond acceptors (Lipinski definition) is 3. The molecule has 0 bridgehead atoms. The first-order chi connectivity index (χ1) is 6.06. The summed E-state index contributed by atoms with van der Waals surface area (Å²) in [6.45, 7) is 3.71. The lowest BCUT2D eigenvalue weighted by Crippen LogP contribution is -2.14. The standard InChI is InChI=1S/C10H15NO2/c1-6-3-8(9(11)5-12)10(13)4-7(6)2/h3-4,9,12-13H,5,11H2,1-2H3. The molecular weight excluding hydrogens is 166 g/mol. The fourth-order valence-corrected chi connectivity index (χ4v) is 1.22. The number of aryl methyl sites for hydroxylation is 2. The van der Waals surface area contributed by atoms with Crippen molar-refractivity contribution in [3.63, 3.8) is 0 Å². The van der Waals surface area contributed by atoms with E-state index in [9.17, 15) is 5.11 Å². The second-order valence-corrected chi connectivity index (χ2v) is 3.28. The SMILES string of the molecule is Cc1cc(O)c(C(N)CO)cc1C. The maximum Gasteiger partial charge on any atom is 0.120 e. The Hall–Kier alpha value is -1.06. The van der Waals surface area contributed by atoms with Gasteiger partial charge in [0.25, 0.3) is 0 Å². The zero-order valence-electron chi connectivity index (χ0n) is 7.91. The average Bonchev–Trinajstić information content (AvgIpc) is 2.10. The first-order valence-corrected chi connectivity index (χ1v) is 4.22. The van der Waals surface area contributed by atoms with Crippen LogP contribution in [0.2, 0.25) is 0 Å². The molecule has 0 aliphatic rings. The van der Waals surface area contributed by atoms with Crippen molar-refractivity contribution in [2.24, 2.45) is 5.73 Å². The molecule has 1 aromatic rings. The number of aliphatic hydroxyl groups excluding tert-OH is 1. The molecule has 0 saturated carbocycles. The van der Waals surface area contributed by atoms with Crippen LogP contribution in [0.4, 0.5) is 0 Å². The first kappa shape index (κ1) is 10.0. The number of aromatic hydroxyl groups is 1. The molecule has 0 saturated heterocycles. The van der Waals surface area contributed by atoms with E-state index in [1.807, 2.05) is 19.9 Å². The Bertz CT molecular complexity index is 310. The van der Waals surface area contributed by atoms with Gasteiger partial charge in [-0.1, -0.05) is 6.07 Å². The lowest BCUT2D eigenvalue weighted by atomic mass is 10.0. The molecule has 13 heavy (non-hydrogen) atoms. The van der Waals surface area contributed by atoms with Crippen molar-refractivity contribution in [2.45, 2.75) is 19.9 Å². The van der Waals surface area contributed by atoms with Gasteiger partial charge in [0.1, 0.15) is 5.75 Å². The van der Waals surface area contributed by atoms with Crippen molar-refractivity contribution in [1.82, 2.24) is 0 Å². The highest BCUT2D eigenvalue weighted by atomic mass is 16.3. The molecular formula is C10H15NO2. The van der Waals surface area contributed by atoms with Gasteiger partial charge < -0.3 is 15.9 Å².